The molecule has 0 saturated heterocycles. The Morgan fingerprint density at radius 1 is 1.28 bits per heavy atom. The first-order valence-electron chi connectivity index (χ1n) is 5.69. The third-order valence-electron chi connectivity index (χ3n) is 3.27. The normalized spacial score (nSPS) is 21.9. The largest absolute Gasteiger partial charge is 0.293 e. The standard InChI is InChI=1S/C14H10BrClOS/c15-12-5-6-18-14(12)13(17)11-7-10(11)8-1-3-9(16)4-2-8/h1-6,10-11H,7H2. The van der Waals surface area contributed by atoms with Crippen LogP contribution in [0.5, 0.6) is 0 Å². The molecule has 3 rings (SSSR count). The fraction of sp³-hybridized carbons (Fsp3) is 0.214. The van der Waals surface area contributed by atoms with E-state index in [0.29, 0.717) is 5.92 Å². The lowest BCUT2D eigenvalue weighted by Crippen LogP contribution is -2.01. The van der Waals surface area contributed by atoms with Gasteiger partial charge < -0.3 is 0 Å². The monoisotopic (exact) mass is 340 g/mol. The topological polar surface area (TPSA) is 17.1 Å². The van der Waals surface area contributed by atoms with Gasteiger partial charge in [0.05, 0.1) is 4.88 Å². The first kappa shape index (κ1) is 12.4. The van der Waals surface area contributed by atoms with E-state index in [1.165, 1.54) is 16.9 Å². The number of thiophene rings is 1. The van der Waals surface area contributed by atoms with E-state index in [-0.39, 0.29) is 11.7 Å². The third-order valence-corrected chi connectivity index (χ3v) is 5.37. The SMILES string of the molecule is O=C(c1sccc1Br)C1CC1c1ccc(Cl)cc1. The minimum Gasteiger partial charge on any atom is -0.293 e. The number of hydrogen-bond acceptors (Lipinski definition) is 2. The lowest BCUT2D eigenvalue weighted by molar-refractivity contribution is 0.0968. The zero-order valence-electron chi connectivity index (χ0n) is 9.40. The predicted octanol–water partition coefficient (Wildman–Crippen LogP) is 5.15. The number of rotatable bonds is 3. The molecule has 1 aromatic carbocycles. The zero-order valence-corrected chi connectivity index (χ0v) is 12.6. The average Bonchev–Trinajstić information content (AvgIpc) is 3.05. The number of carbonyl (C=O) groups is 1. The molecular weight excluding hydrogens is 332 g/mol. The van der Waals surface area contributed by atoms with Gasteiger partial charge in [0.25, 0.3) is 0 Å². The van der Waals surface area contributed by atoms with Crippen molar-refractivity contribution in [3.63, 3.8) is 0 Å². The average molecular weight is 342 g/mol. The number of hydrogen-bond donors (Lipinski definition) is 0. The highest BCUT2D eigenvalue weighted by molar-refractivity contribution is 9.10. The smallest absolute Gasteiger partial charge is 0.177 e. The van der Waals surface area contributed by atoms with E-state index >= 15 is 0 Å². The van der Waals surface area contributed by atoms with Crippen molar-refractivity contribution in [3.05, 3.63) is 55.6 Å². The number of ketones is 1. The van der Waals surface area contributed by atoms with E-state index in [1.807, 2.05) is 35.7 Å². The number of benzene rings is 1. The minimum atomic E-state index is 0.140. The molecule has 1 aliphatic rings. The van der Waals surface area contributed by atoms with Gasteiger partial charge >= 0.3 is 0 Å². The Morgan fingerprint density at radius 2 is 2.00 bits per heavy atom. The lowest BCUT2D eigenvalue weighted by atomic mass is 10.1. The van der Waals surface area contributed by atoms with Gasteiger partial charge in [-0.05, 0) is 57.4 Å². The van der Waals surface area contributed by atoms with E-state index in [2.05, 4.69) is 15.9 Å². The molecule has 1 aliphatic carbocycles. The highest BCUT2D eigenvalue weighted by Gasteiger charge is 2.44. The summed E-state index contributed by atoms with van der Waals surface area (Å²) >= 11 is 10.8. The van der Waals surface area contributed by atoms with Gasteiger partial charge in [0.1, 0.15) is 0 Å². The Morgan fingerprint density at radius 3 is 2.61 bits per heavy atom. The number of Topliss-reactive ketones (excluding diaryl/α,β-unsaturated/α-hetero) is 1. The molecule has 1 heterocycles. The van der Waals surface area contributed by atoms with Crippen LogP contribution in [0.1, 0.15) is 27.6 Å². The Kier molecular flexibility index (Phi) is 3.31. The van der Waals surface area contributed by atoms with Gasteiger partial charge in [-0.25, -0.2) is 0 Å². The van der Waals surface area contributed by atoms with Crippen molar-refractivity contribution >= 4 is 44.7 Å². The molecule has 92 valence electrons. The van der Waals surface area contributed by atoms with E-state index < -0.39 is 0 Å². The highest BCUT2D eigenvalue weighted by Crippen LogP contribution is 2.50. The molecule has 2 unspecified atom stereocenters. The highest BCUT2D eigenvalue weighted by atomic mass is 79.9. The number of carbonyl (C=O) groups excluding carboxylic acids is 1. The second-order valence-electron chi connectivity index (χ2n) is 4.46. The molecule has 0 N–H and O–H groups in total. The summed E-state index contributed by atoms with van der Waals surface area (Å²) in [5.74, 6) is 0.765. The summed E-state index contributed by atoms with van der Waals surface area (Å²) in [4.78, 5) is 13.1. The van der Waals surface area contributed by atoms with Gasteiger partial charge in [0.15, 0.2) is 5.78 Å². The molecule has 0 spiro atoms. The Hall–Kier alpha value is -0.640. The molecule has 1 nitrogen and oxygen atoms in total. The van der Waals surface area contributed by atoms with Gasteiger partial charge in [-0.3, -0.25) is 4.79 Å². The Labute approximate surface area is 123 Å². The molecule has 0 bridgehead atoms. The van der Waals surface area contributed by atoms with Gasteiger partial charge in [-0.15, -0.1) is 11.3 Å². The van der Waals surface area contributed by atoms with Crippen LogP contribution in [0.2, 0.25) is 5.02 Å². The molecule has 2 aromatic rings. The molecule has 0 radical (unpaired) electrons. The van der Waals surface area contributed by atoms with Crippen LogP contribution in [0.25, 0.3) is 0 Å². The maximum atomic E-state index is 12.3. The molecule has 4 heteroatoms. The second kappa shape index (κ2) is 4.80. The van der Waals surface area contributed by atoms with Crippen molar-refractivity contribution in [2.24, 2.45) is 5.92 Å². The summed E-state index contributed by atoms with van der Waals surface area (Å²) in [7, 11) is 0. The van der Waals surface area contributed by atoms with Crippen molar-refractivity contribution in [2.45, 2.75) is 12.3 Å². The maximum absolute atomic E-state index is 12.3. The summed E-state index contributed by atoms with van der Waals surface area (Å²) in [5, 5.41) is 2.68. The Balaban J connectivity index is 1.76. The van der Waals surface area contributed by atoms with Crippen molar-refractivity contribution in [2.75, 3.05) is 0 Å². The molecule has 0 aliphatic heterocycles. The van der Waals surface area contributed by atoms with Crippen LogP contribution in [0.4, 0.5) is 0 Å². The van der Waals surface area contributed by atoms with Crippen LogP contribution in [0, 0.1) is 5.92 Å². The van der Waals surface area contributed by atoms with Crippen LogP contribution in [0.3, 0.4) is 0 Å². The second-order valence-corrected chi connectivity index (χ2v) is 6.67. The molecular formula is C14H10BrClOS. The maximum Gasteiger partial charge on any atom is 0.177 e. The van der Waals surface area contributed by atoms with Crippen LogP contribution in [-0.4, -0.2) is 5.78 Å². The number of halogens is 2. The van der Waals surface area contributed by atoms with Gasteiger partial charge in [-0.1, -0.05) is 23.7 Å². The fourth-order valence-corrected chi connectivity index (χ4v) is 3.90. The van der Waals surface area contributed by atoms with Crippen molar-refractivity contribution in [3.8, 4) is 0 Å². The van der Waals surface area contributed by atoms with Gasteiger partial charge in [-0.2, -0.15) is 0 Å². The zero-order chi connectivity index (χ0) is 12.7. The quantitative estimate of drug-likeness (QED) is 0.706. The third kappa shape index (κ3) is 2.27. The Bertz CT molecular complexity index is 590. The molecule has 1 aromatic heterocycles. The van der Waals surface area contributed by atoms with Crippen molar-refractivity contribution in [1.82, 2.24) is 0 Å². The van der Waals surface area contributed by atoms with Crippen LogP contribution >= 0.6 is 38.9 Å². The summed E-state index contributed by atoms with van der Waals surface area (Å²) in [6.07, 6.45) is 0.949. The fourth-order valence-electron chi connectivity index (χ4n) is 2.20. The first-order valence-corrected chi connectivity index (χ1v) is 7.74. The molecule has 1 saturated carbocycles. The van der Waals surface area contributed by atoms with Gasteiger partial charge in [0, 0.05) is 15.4 Å². The lowest BCUT2D eigenvalue weighted by Gasteiger charge is -2.00. The minimum absolute atomic E-state index is 0.140. The van der Waals surface area contributed by atoms with E-state index in [0.717, 1.165) is 20.8 Å². The molecule has 2 atom stereocenters. The first-order chi connectivity index (χ1) is 8.66. The summed E-state index contributed by atoms with van der Waals surface area (Å²) in [5.41, 5.74) is 1.21. The van der Waals surface area contributed by atoms with Crippen LogP contribution < -0.4 is 0 Å². The molecule has 18 heavy (non-hydrogen) atoms. The summed E-state index contributed by atoms with van der Waals surface area (Å²) < 4.78 is 0.916. The predicted molar refractivity (Wildman–Crippen MR) is 78.6 cm³/mol. The van der Waals surface area contributed by atoms with E-state index in [9.17, 15) is 4.79 Å². The summed E-state index contributed by atoms with van der Waals surface area (Å²) in [6.45, 7) is 0. The van der Waals surface area contributed by atoms with E-state index in [1.54, 1.807) is 0 Å². The van der Waals surface area contributed by atoms with Crippen molar-refractivity contribution < 1.29 is 4.79 Å². The van der Waals surface area contributed by atoms with E-state index in [4.69, 9.17) is 11.6 Å². The molecule has 1 fully saturated rings. The van der Waals surface area contributed by atoms with Crippen LogP contribution in [0.15, 0.2) is 40.2 Å². The van der Waals surface area contributed by atoms with Crippen LogP contribution in [-0.2, 0) is 0 Å². The van der Waals surface area contributed by atoms with Gasteiger partial charge in [0.2, 0.25) is 0 Å². The summed E-state index contributed by atoms with van der Waals surface area (Å²) in [6, 6.07) is 9.74. The van der Waals surface area contributed by atoms with Crippen molar-refractivity contribution in [1.29, 1.82) is 0 Å². The molecule has 0 amide bonds.